The summed E-state index contributed by atoms with van der Waals surface area (Å²) in [7, 11) is 0. The fourth-order valence-corrected chi connectivity index (χ4v) is 5.69. The highest BCUT2D eigenvalue weighted by Gasteiger charge is 2.33. The van der Waals surface area contributed by atoms with Crippen molar-refractivity contribution in [2.75, 3.05) is 31.1 Å². The number of thiocarbonyl (C=S) groups is 1. The monoisotopic (exact) mass is 514 g/mol. The van der Waals surface area contributed by atoms with Gasteiger partial charge in [0.05, 0.1) is 23.0 Å². The van der Waals surface area contributed by atoms with Crippen molar-refractivity contribution in [3.63, 3.8) is 0 Å². The van der Waals surface area contributed by atoms with Gasteiger partial charge in [-0.15, -0.1) is 0 Å². The quantitative estimate of drug-likeness (QED) is 0.314. The summed E-state index contributed by atoms with van der Waals surface area (Å²) in [4.78, 5) is 47.9. The van der Waals surface area contributed by atoms with Gasteiger partial charge in [0.1, 0.15) is 15.8 Å². The van der Waals surface area contributed by atoms with Crippen molar-refractivity contribution in [3.8, 4) is 0 Å². The Bertz CT molecular complexity index is 1250. The van der Waals surface area contributed by atoms with Crippen molar-refractivity contribution in [2.45, 2.75) is 46.5 Å². The first-order chi connectivity index (χ1) is 16.8. The molecule has 0 radical (unpaired) electrons. The number of fused-ring (bicyclic) bond motifs is 1. The molecule has 0 atom stereocenters. The van der Waals surface area contributed by atoms with Crippen molar-refractivity contribution in [1.82, 2.24) is 14.3 Å². The summed E-state index contributed by atoms with van der Waals surface area (Å²) in [6.45, 7) is 7.85. The van der Waals surface area contributed by atoms with Crippen LogP contribution in [0.15, 0.2) is 28.0 Å². The number of pyridine rings is 1. The van der Waals surface area contributed by atoms with Gasteiger partial charge in [0.15, 0.2) is 0 Å². The van der Waals surface area contributed by atoms with Crippen molar-refractivity contribution in [1.29, 1.82) is 0 Å². The highest BCUT2D eigenvalue weighted by Crippen LogP contribution is 2.34. The second-order valence-corrected chi connectivity index (χ2v) is 10.4. The molecular formula is C25H30N4O4S2. The van der Waals surface area contributed by atoms with E-state index < -0.39 is 0 Å². The van der Waals surface area contributed by atoms with E-state index in [-0.39, 0.29) is 23.4 Å². The number of carbonyl (C=O) groups is 2. The predicted molar refractivity (Wildman–Crippen MR) is 143 cm³/mol. The number of ether oxygens (including phenoxy) is 1. The molecule has 2 saturated heterocycles. The van der Waals surface area contributed by atoms with Gasteiger partial charge >= 0.3 is 5.97 Å². The van der Waals surface area contributed by atoms with Crippen LogP contribution in [-0.2, 0) is 14.3 Å². The number of carbonyl (C=O) groups excluding carboxylic acids is 2. The first-order valence-corrected chi connectivity index (χ1v) is 13.3. The smallest absolute Gasteiger partial charge is 0.309 e. The van der Waals surface area contributed by atoms with Gasteiger partial charge in [0.2, 0.25) is 0 Å². The Kier molecular flexibility index (Phi) is 7.91. The van der Waals surface area contributed by atoms with Crippen molar-refractivity contribution >= 4 is 57.7 Å². The number of rotatable bonds is 7. The lowest BCUT2D eigenvalue weighted by Gasteiger charge is -2.32. The molecule has 0 aromatic carbocycles. The molecule has 35 heavy (non-hydrogen) atoms. The Morgan fingerprint density at radius 3 is 2.71 bits per heavy atom. The number of piperidine rings is 1. The van der Waals surface area contributed by atoms with Gasteiger partial charge in [0.25, 0.3) is 11.5 Å². The molecule has 2 fully saturated rings. The Balaban J connectivity index is 1.74. The zero-order chi connectivity index (χ0) is 25.1. The number of anilines is 1. The molecule has 1 amide bonds. The molecule has 2 aliphatic heterocycles. The third-order valence-corrected chi connectivity index (χ3v) is 7.74. The van der Waals surface area contributed by atoms with E-state index in [1.807, 2.05) is 24.0 Å². The number of aryl methyl sites for hydroxylation is 1. The summed E-state index contributed by atoms with van der Waals surface area (Å²) in [5.41, 5.74) is 1.58. The van der Waals surface area contributed by atoms with Crippen LogP contribution in [-0.4, -0.2) is 56.7 Å². The van der Waals surface area contributed by atoms with E-state index in [0.29, 0.717) is 65.3 Å². The molecule has 0 bridgehead atoms. The lowest BCUT2D eigenvalue weighted by Crippen LogP contribution is -2.39. The van der Waals surface area contributed by atoms with Crippen LogP contribution in [0, 0.1) is 12.8 Å². The van der Waals surface area contributed by atoms with Gasteiger partial charge in [-0.3, -0.25) is 23.7 Å². The molecule has 0 N–H and O–H groups in total. The largest absolute Gasteiger partial charge is 0.466 e. The third-order valence-electron chi connectivity index (χ3n) is 6.36. The average molecular weight is 515 g/mol. The standard InChI is InChI=1S/C25H30N4O4S2/c1-4-6-11-29-23(31)19(35-25(29)34)15-18-21(26-20-16(3)8-7-12-28(20)22(18)30)27-13-9-17(10-14-27)24(32)33-5-2/h7-8,12,15,17H,4-6,9-11,13-14H2,1-3H3. The fraction of sp³-hybridized carbons (Fsp3) is 0.480. The van der Waals surface area contributed by atoms with Crippen LogP contribution < -0.4 is 10.5 Å². The zero-order valence-electron chi connectivity index (χ0n) is 20.3. The van der Waals surface area contributed by atoms with Crippen LogP contribution in [0.4, 0.5) is 5.82 Å². The minimum Gasteiger partial charge on any atom is -0.466 e. The van der Waals surface area contributed by atoms with E-state index in [2.05, 4.69) is 6.92 Å². The molecule has 4 rings (SSSR count). The number of hydrogen-bond acceptors (Lipinski definition) is 8. The average Bonchev–Trinajstić information content (AvgIpc) is 3.12. The SMILES string of the molecule is CCCCN1C(=O)C(=Cc2c(N3CCC(C(=O)OCC)CC3)nc3c(C)cccn3c2=O)SC1=S. The summed E-state index contributed by atoms with van der Waals surface area (Å²) in [6, 6.07) is 3.72. The van der Waals surface area contributed by atoms with Gasteiger partial charge < -0.3 is 9.64 Å². The lowest BCUT2D eigenvalue weighted by molar-refractivity contribution is -0.148. The molecule has 0 unspecified atom stereocenters. The number of nitrogens with zero attached hydrogens (tertiary/aromatic N) is 4. The molecule has 2 aromatic rings. The maximum atomic E-state index is 13.6. The van der Waals surface area contributed by atoms with Crippen LogP contribution in [0.25, 0.3) is 11.7 Å². The number of aromatic nitrogens is 2. The van der Waals surface area contributed by atoms with Crippen LogP contribution in [0.1, 0.15) is 50.7 Å². The summed E-state index contributed by atoms with van der Waals surface area (Å²) >= 11 is 6.66. The molecule has 10 heteroatoms. The maximum absolute atomic E-state index is 13.6. The number of unbranched alkanes of at least 4 members (excludes halogenated alkanes) is 1. The Morgan fingerprint density at radius 1 is 1.29 bits per heavy atom. The fourth-order valence-electron chi connectivity index (χ4n) is 4.39. The van der Waals surface area contributed by atoms with E-state index in [9.17, 15) is 14.4 Å². The van der Waals surface area contributed by atoms with E-state index in [1.165, 1.54) is 16.2 Å². The van der Waals surface area contributed by atoms with E-state index in [4.69, 9.17) is 21.9 Å². The highest BCUT2D eigenvalue weighted by molar-refractivity contribution is 8.26. The summed E-state index contributed by atoms with van der Waals surface area (Å²) in [6.07, 6.45) is 6.38. The number of hydrogen-bond donors (Lipinski definition) is 0. The normalized spacial score (nSPS) is 18.2. The third kappa shape index (κ3) is 5.13. The van der Waals surface area contributed by atoms with Gasteiger partial charge in [-0.2, -0.15) is 0 Å². The molecule has 2 aliphatic rings. The van der Waals surface area contributed by atoms with Crippen molar-refractivity contribution in [2.24, 2.45) is 5.92 Å². The summed E-state index contributed by atoms with van der Waals surface area (Å²) < 4.78 is 7.23. The Morgan fingerprint density at radius 2 is 2.03 bits per heavy atom. The maximum Gasteiger partial charge on any atom is 0.309 e. The number of amides is 1. The van der Waals surface area contributed by atoms with Crippen molar-refractivity contribution in [3.05, 3.63) is 44.7 Å². The van der Waals surface area contributed by atoms with Gasteiger partial charge in [-0.25, -0.2) is 4.98 Å². The Hall–Kier alpha value is -2.72. The predicted octanol–water partition coefficient (Wildman–Crippen LogP) is 3.78. The van der Waals surface area contributed by atoms with Gasteiger partial charge in [0, 0.05) is 25.8 Å². The Labute approximate surface area is 214 Å². The van der Waals surface area contributed by atoms with Crippen LogP contribution in [0.5, 0.6) is 0 Å². The topological polar surface area (TPSA) is 84.2 Å². The summed E-state index contributed by atoms with van der Waals surface area (Å²) in [5.74, 6) is 0.0258. The number of esters is 1. The van der Waals surface area contributed by atoms with E-state index >= 15 is 0 Å². The first kappa shape index (κ1) is 25.4. The van der Waals surface area contributed by atoms with Crippen LogP contribution in [0.3, 0.4) is 0 Å². The molecule has 186 valence electrons. The minimum atomic E-state index is -0.236. The van der Waals surface area contributed by atoms with E-state index in [0.717, 1.165) is 18.4 Å². The molecule has 4 heterocycles. The molecular weight excluding hydrogens is 484 g/mol. The zero-order valence-corrected chi connectivity index (χ0v) is 21.9. The van der Waals surface area contributed by atoms with Gasteiger partial charge in [-0.05, 0) is 50.8 Å². The lowest BCUT2D eigenvalue weighted by atomic mass is 9.96. The highest BCUT2D eigenvalue weighted by atomic mass is 32.2. The van der Waals surface area contributed by atoms with E-state index in [1.54, 1.807) is 24.1 Å². The van der Waals surface area contributed by atoms with Crippen molar-refractivity contribution < 1.29 is 14.3 Å². The first-order valence-electron chi connectivity index (χ1n) is 12.0. The minimum absolute atomic E-state index is 0.159. The molecule has 8 nitrogen and oxygen atoms in total. The molecule has 0 saturated carbocycles. The molecule has 0 aliphatic carbocycles. The van der Waals surface area contributed by atoms with Crippen LogP contribution >= 0.6 is 24.0 Å². The number of thioether (sulfide) groups is 1. The second kappa shape index (κ2) is 10.9. The summed E-state index contributed by atoms with van der Waals surface area (Å²) in [5, 5.41) is 0. The molecule has 2 aromatic heterocycles. The van der Waals surface area contributed by atoms with Gasteiger partial charge in [-0.1, -0.05) is 43.4 Å². The second-order valence-electron chi connectivity index (χ2n) is 8.74. The van der Waals surface area contributed by atoms with Crippen LogP contribution in [0.2, 0.25) is 0 Å². The molecule has 0 spiro atoms.